The Morgan fingerprint density at radius 2 is 1.57 bits per heavy atom. The first kappa shape index (κ1) is 20.0. The van der Waals surface area contributed by atoms with Gasteiger partial charge in [-0.05, 0) is 66.6 Å². The minimum Gasteiger partial charge on any atom is -0.497 e. The zero-order valence-corrected chi connectivity index (χ0v) is 17.9. The summed E-state index contributed by atoms with van der Waals surface area (Å²) in [5.74, 6) is 1.71. The van der Waals surface area contributed by atoms with Crippen molar-refractivity contribution in [2.75, 3.05) is 13.7 Å². The summed E-state index contributed by atoms with van der Waals surface area (Å²) in [6.07, 6.45) is 0. The Morgan fingerprint density at radius 1 is 0.867 bits per heavy atom. The van der Waals surface area contributed by atoms with Gasteiger partial charge in [0.05, 0.1) is 31.6 Å². The topological polar surface area (TPSA) is 35.8 Å². The van der Waals surface area contributed by atoms with Crippen LogP contribution in [0.3, 0.4) is 0 Å². The van der Waals surface area contributed by atoms with Crippen LogP contribution in [-0.2, 0) is 6.54 Å². The van der Waals surface area contributed by atoms with Gasteiger partial charge in [-0.3, -0.25) is 0 Å². The van der Waals surface area contributed by atoms with Gasteiger partial charge in [0, 0.05) is 5.38 Å². The number of hydrogen-bond donors (Lipinski definition) is 0. The van der Waals surface area contributed by atoms with E-state index in [1.165, 1.54) is 5.56 Å². The first-order valence-electron chi connectivity index (χ1n) is 9.91. The van der Waals surface area contributed by atoms with Crippen molar-refractivity contribution in [2.24, 2.45) is 4.99 Å². The highest BCUT2D eigenvalue weighted by molar-refractivity contribution is 7.07. The molecule has 0 aliphatic carbocycles. The van der Waals surface area contributed by atoms with Crippen LogP contribution in [0.1, 0.15) is 12.5 Å². The van der Waals surface area contributed by atoms with Gasteiger partial charge in [-0.2, -0.15) is 0 Å². The van der Waals surface area contributed by atoms with Gasteiger partial charge >= 0.3 is 0 Å². The van der Waals surface area contributed by atoms with Gasteiger partial charge in [-0.1, -0.05) is 30.3 Å². The summed E-state index contributed by atoms with van der Waals surface area (Å²) in [5, 5.41) is 2.16. The molecule has 4 aromatic rings. The monoisotopic (exact) mass is 416 g/mol. The molecule has 4 rings (SSSR count). The normalized spacial score (nSPS) is 11.5. The van der Waals surface area contributed by atoms with E-state index in [0.717, 1.165) is 39.8 Å². The predicted octanol–water partition coefficient (Wildman–Crippen LogP) is 5.90. The molecule has 1 aromatic heterocycles. The molecule has 0 amide bonds. The lowest BCUT2D eigenvalue weighted by atomic mass is 10.1. The van der Waals surface area contributed by atoms with Crippen molar-refractivity contribution in [3.05, 3.63) is 94.6 Å². The van der Waals surface area contributed by atoms with Crippen LogP contribution in [0.25, 0.3) is 11.3 Å². The number of thiazole rings is 1. The van der Waals surface area contributed by atoms with Crippen LogP contribution >= 0.6 is 11.3 Å². The number of rotatable bonds is 7. The summed E-state index contributed by atoms with van der Waals surface area (Å²) in [5.41, 5.74) is 4.41. The Bertz CT molecular complexity index is 1140. The molecule has 152 valence electrons. The van der Waals surface area contributed by atoms with E-state index in [4.69, 9.17) is 14.5 Å². The maximum atomic E-state index is 5.54. The van der Waals surface area contributed by atoms with Crippen molar-refractivity contribution in [1.29, 1.82) is 0 Å². The van der Waals surface area contributed by atoms with Crippen LogP contribution in [0.4, 0.5) is 5.69 Å². The zero-order valence-electron chi connectivity index (χ0n) is 17.1. The van der Waals surface area contributed by atoms with Gasteiger partial charge in [0.1, 0.15) is 11.5 Å². The number of benzene rings is 3. The number of aromatic nitrogens is 1. The lowest BCUT2D eigenvalue weighted by molar-refractivity contribution is 0.340. The maximum absolute atomic E-state index is 5.54. The fourth-order valence-electron chi connectivity index (χ4n) is 3.22. The van der Waals surface area contributed by atoms with Gasteiger partial charge in [-0.15, -0.1) is 11.3 Å². The Kier molecular flexibility index (Phi) is 6.30. The Labute approximate surface area is 180 Å². The van der Waals surface area contributed by atoms with Crippen LogP contribution in [0, 0.1) is 0 Å². The standard InChI is InChI=1S/C25H24N2O2S/c1-3-29-23-15-11-21(12-16-23)26-25-27(17-19-7-5-4-6-8-19)24(18-30-25)20-9-13-22(28-2)14-10-20/h4-16,18H,3,17H2,1-2H3. The van der Waals surface area contributed by atoms with Crippen molar-refractivity contribution in [3.63, 3.8) is 0 Å². The number of nitrogens with zero attached hydrogens (tertiary/aromatic N) is 2. The summed E-state index contributed by atoms with van der Waals surface area (Å²) in [4.78, 5) is 5.87. The van der Waals surface area contributed by atoms with Crippen molar-refractivity contribution < 1.29 is 9.47 Å². The molecule has 0 aliphatic rings. The lowest BCUT2D eigenvalue weighted by Crippen LogP contribution is -2.16. The highest BCUT2D eigenvalue weighted by Gasteiger charge is 2.09. The Balaban J connectivity index is 1.76. The molecule has 30 heavy (non-hydrogen) atoms. The van der Waals surface area contributed by atoms with Gasteiger partial charge in [-0.25, -0.2) is 4.99 Å². The SMILES string of the molecule is CCOc1ccc(N=c2scc(-c3ccc(OC)cc3)n2Cc2ccccc2)cc1. The molecule has 5 heteroatoms. The lowest BCUT2D eigenvalue weighted by Gasteiger charge is -2.10. The average Bonchev–Trinajstić information content (AvgIpc) is 3.18. The van der Waals surface area contributed by atoms with E-state index in [2.05, 4.69) is 46.3 Å². The summed E-state index contributed by atoms with van der Waals surface area (Å²) >= 11 is 1.64. The van der Waals surface area contributed by atoms with Gasteiger partial charge in [0.25, 0.3) is 0 Å². The molecule has 0 bridgehead atoms. The van der Waals surface area contributed by atoms with E-state index in [1.807, 2.05) is 49.4 Å². The van der Waals surface area contributed by atoms with Crippen molar-refractivity contribution in [3.8, 4) is 22.8 Å². The smallest absolute Gasteiger partial charge is 0.190 e. The van der Waals surface area contributed by atoms with E-state index in [-0.39, 0.29) is 0 Å². The van der Waals surface area contributed by atoms with Crippen molar-refractivity contribution >= 4 is 17.0 Å². The quantitative estimate of drug-likeness (QED) is 0.376. The largest absolute Gasteiger partial charge is 0.497 e. The second kappa shape index (κ2) is 9.46. The van der Waals surface area contributed by atoms with Crippen LogP contribution in [0.2, 0.25) is 0 Å². The minimum absolute atomic E-state index is 0.656. The molecule has 1 heterocycles. The van der Waals surface area contributed by atoms with Gasteiger partial charge in [0.2, 0.25) is 0 Å². The summed E-state index contributed by atoms with van der Waals surface area (Å²) in [6, 6.07) is 26.5. The number of hydrogen-bond acceptors (Lipinski definition) is 4. The predicted molar refractivity (Wildman–Crippen MR) is 123 cm³/mol. The van der Waals surface area contributed by atoms with E-state index in [0.29, 0.717) is 6.61 Å². The number of methoxy groups -OCH3 is 1. The van der Waals surface area contributed by atoms with Crippen molar-refractivity contribution in [1.82, 2.24) is 4.57 Å². The van der Waals surface area contributed by atoms with E-state index < -0.39 is 0 Å². The molecule has 0 fully saturated rings. The van der Waals surface area contributed by atoms with E-state index >= 15 is 0 Å². The Morgan fingerprint density at radius 3 is 2.23 bits per heavy atom. The fourth-order valence-corrected chi connectivity index (χ4v) is 4.15. The molecular formula is C25H24N2O2S. The third-order valence-electron chi connectivity index (χ3n) is 4.74. The minimum atomic E-state index is 0.656. The summed E-state index contributed by atoms with van der Waals surface area (Å²) < 4.78 is 13.1. The zero-order chi connectivity index (χ0) is 20.8. The van der Waals surface area contributed by atoms with Crippen LogP contribution in [-0.4, -0.2) is 18.3 Å². The van der Waals surface area contributed by atoms with Crippen LogP contribution in [0.15, 0.2) is 89.2 Å². The third kappa shape index (κ3) is 4.63. The van der Waals surface area contributed by atoms with Crippen LogP contribution < -0.4 is 14.3 Å². The molecule has 0 N–H and O–H groups in total. The van der Waals surface area contributed by atoms with Crippen LogP contribution in [0.5, 0.6) is 11.5 Å². The Hall–Kier alpha value is -3.31. The van der Waals surface area contributed by atoms with E-state index in [9.17, 15) is 0 Å². The molecule has 0 saturated heterocycles. The second-order valence-corrected chi connectivity index (χ2v) is 7.58. The molecule has 0 unspecified atom stereocenters. The second-order valence-electron chi connectivity index (χ2n) is 6.74. The fraction of sp³-hybridized carbons (Fsp3) is 0.160. The number of ether oxygens (including phenoxy) is 2. The van der Waals surface area contributed by atoms with E-state index in [1.54, 1.807) is 18.4 Å². The average molecular weight is 417 g/mol. The summed E-state index contributed by atoms with van der Waals surface area (Å²) in [7, 11) is 1.68. The van der Waals surface area contributed by atoms with Gasteiger partial charge in [0.15, 0.2) is 4.80 Å². The highest BCUT2D eigenvalue weighted by Crippen LogP contribution is 2.25. The molecule has 4 nitrogen and oxygen atoms in total. The molecule has 0 radical (unpaired) electrons. The van der Waals surface area contributed by atoms with Crippen molar-refractivity contribution in [2.45, 2.75) is 13.5 Å². The molecule has 0 spiro atoms. The highest BCUT2D eigenvalue weighted by atomic mass is 32.1. The molecule has 0 saturated carbocycles. The first-order chi connectivity index (χ1) is 14.8. The molecular weight excluding hydrogens is 392 g/mol. The molecule has 0 aliphatic heterocycles. The molecule has 0 atom stereocenters. The third-order valence-corrected chi connectivity index (χ3v) is 5.60. The van der Waals surface area contributed by atoms with Gasteiger partial charge < -0.3 is 14.0 Å². The summed E-state index contributed by atoms with van der Waals surface area (Å²) in [6.45, 7) is 3.39. The molecule has 3 aromatic carbocycles. The first-order valence-corrected chi connectivity index (χ1v) is 10.8. The maximum Gasteiger partial charge on any atom is 0.190 e.